The fraction of sp³-hybridized carbons (Fsp3) is 0.609. The number of aldehydes is 1. The predicted octanol–water partition coefficient (Wildman–Crippen LogP) is 7.98. The second-order valence-corrected chi connectivity index (χ2v) is 9.15. The average molecular weight is 423 g/mol. The van der Waals surface area contributed by atoms with Crippen LogP contribution in [0.2, 0.25) is 0 Å². The minimum atomic E-state index is 0.185. The van der Waals surface area contributed by atoms with Crippen molar-refractivity contribution in [3.63, 3.8) is 0 Å². The molecule has 0 aliphatic heterocycles. The molecule has 156 valence electrons. The highest BCUT2D eigenvalue weighted by Crippen LogP contribution is 2.46. The maximum Gasteiger partial charge on any atom is 0.160 e. The molecule has 0 aromatic carbocycles. The van der Waals surface area contributed by atoms with Crippen LogP contribution in [-0.2, 0) is 0 Å². The number of thiophene rings is 2. The van der Waals surface area contributed by atoms with Gasteiger partial charge in [-0.2, -0.15) is 0 Å². The number of unbranched alkanes of at least 4 members (excludes halogenated alkanes) is 2. The molecule has 5 heteroatoms. The van der Waals surface area contributed by atoms with Gasteiger partial charge in [-0.3, -0.25) is 4.79 Å². The zero-order chi connectivity index (χ0) is 20.4. The molecule has 0 aliphatic rings. The standard InChI is InChI=1S/C23H34O3S2/c1-5-9-11-17(7-3)25-20-13-14-27-22(20)23-21(15-19(16-24)28-23)26-18(8-4)12-10-6-2/h13-18H,5-12H2,1-4H3. The summed E-state index contributed by atoms with van der Waals surface area (Å²) >= 11 is 3.16. The maximum atomic E-state index is 11.4. The molecule has 0 saturated heterocycles. The topological polar surface area (TPSA) is 35.5 Å². The summed E-state index contributed by atoms with van der Waals surface area (Å²) in [6.45, 7) is 8.75. The number of hydrogen-bond donors (Lipinski definition) is 0. The SMILES string of the molecule is CCCCC(CC)Oc1ccsc1-c1sc(C=O)cc1OC(CC)CCCC. The van der Waals surface area contributed by atoms with Crippen LogP contribution < -0.4 is 9.47 Å². The third kappa shape index (κ3) is 6.35. The molecule has 3 nitrogen and oxygen atoms in total. The molecule has 2 atom stereocenters. The Morgan fingerprint density at radius 2 is 1.54 bits per heavy atom. The summed E-state index contributed by atoms with van der Waals surface area (Å²) < 4.78 is 12.7. The van der Waals surface area contributed by atoms with Crippen molar-refractivity contribution in [3.8, 4) is 21.3 Å². The van der Waals surface area contributed by atoms with Crippen molar-refractivity contribution in [1.29, 1.82) is 0 Å². The van der Waals surface area contributed by atoms with Gasteiger partial charge < -0.3 is 9.47 Å². The van der Waals surface area contributed by atoms with Crippen LogP contribution in [0.15, 0.2) is 17.5 Å². The van der Waals surface area contributed by atoms with Crippen LogP contribution in [0.5, 0.6) is 11.5 Å². The Bertz CT molecular complexity index is 705. The first-order valence-corrected chi connectivity index (χ1v) is 12.4. The molecular formula is C23H34O3S2. The zero-order valence-electron chi connectivity index (χ0n) is 17.7. The Morgan fingerprint density at radius 1 is 0.929 bits per heavy atom. The monoisotopic (exact) mass is 422 g/mol. The third-order valence-electron chi connectivity index (χ3n) is 4.93. The fourth-order valence-corrected chi connectivity index (χ4v) is 5.06. The van der Waals surface area contributed by atoms with Crippen LogP contribution in [0.4, 0.5) is 0 Å². The summed E-state index contributed by atoms with van der Waals surface area (Å²) in [6, 6.07) is 3.94. The first-order valence-electron chi connectivity index (χ1n) is 10.7. The predicted molar refractivity (Wildman–Crippen MR) is 121 cm³/mol. The first-order chi connectivity index (χ1) is 13.7. The van der Waals surface area contributed by atoms with E-state index in [2.05, 4.69) is 33.1 Å². The van der Waals surface area contributed by atoms with Gasteiger partial charge >= 0.3 is 0 Å². The summed E-state index contributed by atoms with van der Waals surface area (Å²) in [4.78, 5) is 14.2. The van der Waals surface area contributed by atoms with Crippen LogP contribution in [0, 0.1) is 0 Å². The summed E-state index contributed by atoms with van der Waals surface area (Å²) in [5.41, 5.74) is 0. The molecule has 2 unspecified atom stereocenters. The van der Waals surface area contributed by atoms with E-state index in [0.29, 0.717) is 4.88 Å². The summed E-state index contributed by atoms with van der Waals surface area (Å²) in [5, 5.41) is 2.07. The van der Waals surface area contributed by atoms with E-state index in [0.717, 1.165) is 66.1 Å². The van der Waals surface area contributed by atoms with Crippen molar-refractivity contribution in [1.82, 2.24) is 0 Å². The molecule has 2 aromatic heterocycles. The van der Waals surface area contributed by atoms with Gasteiger partial charge in [0.05, 0.1) is 26.8 Å². The highest BCUT2D eigenvalue weighted by molar-refractivity contribution is 7.22. The van der Waals surface area contributed by atoms with Crippen LogP contribution in [0.1, 0.15) is 88.7 Å². The second kappa shape index (κ2) is 12.3. The second-order valence-electron chi connectivity index (χ2n) is 7.15. The Labute approximate surface area is 178 Å². The largest absolute Gasteiger partial charge is 0.489 e. The summed E-state index contributed by atoms with van der Waals surface area (Å²) in [5.74, 6) is 1.74. The normalized spacial score (nSPS) is 13.3. The van der Waals surface area contributed by atoms with E-state index in [1.54, 1.807) is 11.3 Å². The molecular weight excluding hydrogens is 388 g/mol. The molecule has 0 N–H and O–H groups in total. The zero-order valence-corrected chi connectivity index (χ0v) is 19.3. The van der Waals surface area contributed by atoms with Gasteiger partial charge in [0.25, 0.3) is 0 Å². The van der Waals surface area contributed by atoms with E-state index >= 15 is 0 Å². The van der Waals surface area contributed by atoms with Crippen molar-refractivity contribution >= 4 is 29.0 Å². The number of carbonyl (C=O) groups excluding carboxylic acids is 1. The summed E-state index contributed by atoms with van der Waals surface area (Å²) in [6.07, 6.45) is 10.1. The number of carbonyl (C=O) groups is 1. The minimum Gasteiger partial charge on any atom is -0.489 e. The average Bonchev–Trinajstić information content (AvgIpc) is 3.34. The van der Waals surface area contributed by atoms with Gasteiger partial charge in [0.15, 0.2) is 6.29 Å². The van der Waals surface area contributed by atoms with Crippen molar-refractivity contribution in [2.24, 2.45) is 0 Å². The van der Waals surface area contributed by atoms with Gasteiger partial charge in [-0.25, -0.2) is 0 Å². The van der Waals surface area contributed by atoms with Crippen LogP contribution in [0.25, 0.3) is 9.75 Å². The molecule has 0 aliphatic carbocycles. The Hall–Kier alpha value is -1.33. The lowest BCUT2D eigenvalue weighted by atomic mass is 10.1. The van der Waals surface area contributed by atoms with Crippen molar-refractivity contribution < 1.29 is 14.3 Å². The molecule has 0 radical (unpaired) electrons. The molecule has 0 bridgehead atoms. The van der Waals surface area contributed by atoms with E-state index < -0.39 is 0 Å². The molecule has 2 heterocycles. The highest BCUT2D eigenvalue weighted by atomic mass is 32.1. The molecule has 2 rings (SSSR count). The minimum absolute atomic E-state index is 0.185. The smallest absolute Gasteiger partial charge is 0.160 e. The van der Waals surface area contributed by atoms with Gasteiger partial charge in [-0.05, 0) is 37.1 Å². The van der Waals surface area contributed by atoms with Gasteiger partial charge in [-0.1, -0.05) is 53.4 Å². The van der Waals surface area contributed by atoms with E-state index in [-0.39, 0.29) is 12.2 Å². The lowest BCUT2D eigenvalue weighted by Gasteiger charge is -2.19. The van der Waals surface area contributed by atoms with Gasteiger partial charge in [0, 0.05) is 6.07 Å². The lowest BCUT2D eigenvalue weighted by molar-refractivity contribution is 0.112. The number of rotatable bonds is 14. The molecule has 0 saturated carbocycles. The molecule has 0 fully saturated rings. The first kappa shape index (κ1) is 23.0. The van der Waals surface area contributed by atoms with E-state index in [1.807, 2.05) is 12.1 Å². The lowest BCUT2D eigenvalue weighted by Crippen LogP contribution is -2.16. The van der Waals surface area contributed by atoms with Gasteiger partial charge in [0.1, 0.15) is 11.5 Å². The van der Waals surface area contributed by atoms with Gasteiger partial charge in [-0.15, -0.1) is 22.7 Å². The molecule has 28 heavy (non-hydrogen) atoms. The van der Waals surface area contributed by atoms with Crippen LogP contribution in [0.3, 0.4) is 0 Å². The van der Waals surface area contributed by atoms with E-state index in [1.165, 1.54) is 24.2 Å². The van der Waals surface area contributed by atoms with Crippen molar-refractivity contribution in [3.05, 3.63) is 22.4 Å². The Kier molecular flexibility index (Phi) is 10.1. The highest BCUT2D eigenvalue weighted by Gasteiger charge is 2.21. The Morgan fingerprint density at radius 3 is 2.07 bits per heavy atom. The number of ether oxygens (including phenoxy) is 2. The Balaban J connectivity index is 2.26. The molecule has 0 spiro atoms. The molecule has 0 amide bonds. The number of hydrogen-bond acceptors (Lipinski definition) is 5. The van der Waals surface area contributed by atoms with Crippen molar-refractivity contribution in [2.75, 3.05) is 0 Å². The van der Waals surface area contributed by atoms with E-state index in [4.69, 9.17) is 9.47 Å². The van der Waals surface area contributed by atoms with Crippen LogP contribution >= 0.6 is 22.7 Å². The van der Waals surface area contributed by atoms with E-state index in [9.17, 15) is 4.79 Å². The van der Waals surface area contributed by atoms with Gasteiger partial charge in [0.2, 0.25) is 0 Å². The summed E-state index contributed by atoms with van der Waals surface area (Å²) in [7, 11) is 0. The van der Waals surface area contributed by atoms with Crippen molar-refractivity contribution in [2.45, 2.75) is 91.3 Å². The van der Waals surface area contributed by atoms with Crippen LogP contribution in [-0.4, -0.2) is 18.5 Å². The fourth-order valence-electron chi connectivity index (χ4n) is 3.17. The third-order valence-corrected chi connectivity index (χ3v) is 7.03. The quantitative estimate of drug-likeness (QED) is 0.289. The maximum absolute atomic E-state index is 11.4. The molecule has 2 aromatic rings.